The Morgan fingerprint density at radius 3 is 2.45 bits per heavy atom. The maximum atomic E-state index is 10.3. The molecule has 3 aromatic heterocycles. The summed E-state index contributed by atoms with van der Waals surface area (Å²) in [5.41, 5.74) is 6.44. The summed E-state index contributed by atoms with van der Waals surface area (Å²) in [6.45, 7) is 10.4. The van der Waals surface area contributed by atoms with Crippen molar-refractivity contribution < 1.29 is 5.11 Å². The summed E-state index contributed by atoms with van der Waals surface area (Å²) in [7, 11) is 2.18. The van der Waals surface area contributed by atoms with Crippen molar-refractivity contribution in [3.63, 3.8) is 0 Å². The highest BCUT2D eigenvalue weighted by molar-refractivity contribution is 8.00. The van der Waals surface area contributed by atoms with E-state index in [2.05, 4.69) is 106 Å². The molecule has 9 nitrogen and oxygen atoms in total. The van der Waals surface area contributed by atoms with Gasteiger partial charge in [-0.1, -0.05) is 12.1 Å². The molecule has 0 amide bonds. The number of benzene rings is 3. The van der Waals surface area contributed by atoms with Crippen LogP contribution in [0.1, 0.15) is 19.4 Å². The molecule has 3 aromatic carbocycles. The molecule has 0 aliphatic carbocycles. The number of rotatable bonds is 9. The number of aromatic nitrogens is 4. The topological polar surface area (TPSA) is 94.4 Å². The van der Waals surface area contributed by atoms with E-state index in [0.29, 0.717) is 6.54 Å². The van der Waals surface area contributed by atoms with Gasteiger partial charge in [-0.05, 0) is 106 Å². The molecule has 1 aliphatic rings. The first-order chi connectivity index (χ1) is 22.7. The lowest BCUT2D eigenvalue weighted by Crippen LogP contribution is -2.44. The smallest absolute Gasteiger partial charge is 0.130 e. The predicted molar refractivity (Wildman–Crippen MR) is 195 cm³/mol. The molecule has 0 spiro atoms. The van der Waals surface area contributed by atoms with Gasteiger partial charge in [0.1, 0.15) is 5.82 Å². The fraction of sp³-hybridized carbons (Fsp3) is 0.270. The highest BCUT2D eigenvalue weighted by Crippen LogP contribution is 2.34. The summed E-state index contributed by atoms with van der Waals surface area (Å²) in [6.07, 6.45) is 5.60. The lowest BCUT2D eigenvalue weighted by molar-refractivity contribution is 0.0591. The molecular weight excluding hydrogens is 605 g/mol. The summed E-state index contributed by atoms with van der Waals surface area (Å²) < 4.78 is 5.35. The molecule has 0 atom stereocenters. The molecule has 1 saturated heterocycles. The number of hydrogen-bond donors (Lipinski definition) is 3. The Balaban J connectivity index is 1.06. The van der Waals surface area contributed by atoms with Gasteiger partial charge in [0, 0.05) is 82.3 Å². The van der Waals surface area contributed by atoms with Gasteiger partial charge in [-0.2, -0.15) is 5.10 Å². The van der Waals surface area contributed by atoms with Crippen LogP contribution in [0, 0.1) is 6.92 Å². The number of anilines is 4. The summed E-state index contributed by atoms with van der Waals surface area (Å²) in [5, 5.41) is 21.5. The number of likely N-dealkylation sites (N-methyl/N-ethyl adjacent to an activating group) is 1. The van der Waals surface area contributed by atoms with Crippen molar-refractivity contribution in [1.82, 2.24) is 24.6 Å². The fourth-order valence-electron chi connectivity index (χ4n) is 6.09. The second-order valence-corrected chi connectivity index (χ2v) is 13.8. The summed E-state index contributed by atoms with van der Waals surface area (Å²) >= 11 is 1.63. The van der Waals surface area contributed by atoms with E-state index in [9.17, 15) is 5.11 Å². The van der Waals surface area contributed by atoms with Crippen LogP contribution in [0.3, 0.4) is 0 Å². The van der Waals surface area contributed by atoms with Crippen LogP contribution in [0.5, 0.6) is 0 Å². The van der Waals surface area contributed by atoms with E-state index in [1.165, 1.54) is 10.6 Å². The molecule has 47 heavy (non-hydrogen) atoms. The lowest BCUT2D eigenvalue weighted by Gasteiger charge is -2.34. The Labute approximate surface area is 279 Å². The molecule has 240 valence electrons. The van der Waals surface area contributed by atoms with Crippen LogP contribution >= 0.6 is 11.9 Å². The molecule has 0 unspecified atom stereocenters. The van der Waals surface area contributed by atoms with E-state index in [1.54, 1.807) is 25.8 Å². The molecule has 0 bridgehead atoms. The van der Waals surface area contributed by atoms with Gasteiger partial charge in [-0.25, -0.2) is 4.98 Å². The first kappa shape index (κ1) is 31.0. The number of piperazine rings is 1. The quantitative estimate of drug-likeness (QED) is 0.140. The zero-order chi connectivity index (χ0) is 32.5. The third kappa shape index (κ3) is 6.90. The van der Waals surface area contributed by atoms with Crippen LogP contribution < -0.4 is 14.9 Å². The minimum Gasteiger partial charge on any atom is -0.389 e. The number of pyridine rings is 2. The zero-order valence-electron chi connectivity index (χ0n) is 27.2. The average Bonchev–Trinajstić information content (AvgIpc) is 3.47. The zero-order valence-corrected chi connectivity index (χ0v) is 28.1. The molecule has 0 saturated carbocycles. The summed E-state index contributed by atoms with van der Waals surface area (Å²) in [6, 6.07) is 25.2. The highest BCUT2D eigenvalue weighted by atomic mass is 32.2. The van der Waals surface area contributed by atoms with Gasteiger partial charge < -0.3 is 24.9 Å². The molecule has 1 aliphatic heterocycles. The molecule has 3 N–H and O–H groups in total. The van der Waals surface area contributed by atoms with Crippen molar-refractivity contribution >= 4 is 56.5 Å². The van der Waals surface area contributed by atoms with Gasteiger partial charge in [-0.15, -0.1) is 0 Å². The van der Waals surface area contributed by atoms with Crippen molar-refractivity contribution in [2.45, 2.75) is 37.8 Å². The van der Waals surface area contributed by atoms with Gasteiger partial charge in [0.15, 0.2) is 0 Å². The monoisotopic (exact) mass is 644 g/mol. The Morgan fingerprint density at radius 2 is 1.66 bits per heavy atom. The van der Waals surface area contributed by atoms with Crippen molar-refractivity contribution in [1.29, 1.82) is 0 Å². The first-order valence-corrected chi connectivity index (χ1v) is 16.8. The molecule has 10 heteroatoms. The van der Waals surface area contributed by atoms with E-state index < -0.39 is 5.60 Å². The van der Waals surface area contributed by atoms with Gasteiger partial charge >= 0.3 is 0 Å². The maximum Gasteiger partial charge on any atom is 0.130 e. The second-order valence-electron chi connectivity index (χ2n) is 12.9. The van der Waals surface area contributed by atoms with Gasteiger partial charge in [-0.3, -0.25) is 9.67 Å². The SMILES string of the molecule is Cc1c(-c2nccc3cnc(Nc4ccc(NSc5cccc(N6CCN(C)CC6)c5)cc4)cc23)ccc2c1cnn2CC(C)(C)O. The van der Waals surface area contributed by atoms with Crippen molar-refractivity contribution in [3.8, 4) is 11.3 Å². The minimum atomic E-state index is -0.855. The van der Waals surface area contributed by atoms with Crippen molar-refractivity contribution in [3.05, 3.63) is 97.0 Å². The summed E-state index contributed by atoms with van der Waals surface area (Å²) in [5.74, 6) is 0.749. The lowest BCUT2D eigenvalue weighted by atomic mass is 9.98. The molecule has 4 heterocycles. The number of aliphatic hydroxyl groups is 1. The second kappa shape index (κ2) is 12.9. The van der Waals surface area contributed by atoms with Crippen LogP contribution in [0.4, 0.5) is 22.9 Å². The molecule has 1 fully saturated rings. The van der Waals surface area contributed by atoms with E-state index in [-0.39, 0.29) is 0 Å². The Kier molecular flexibility index (Phi) is 8.48. The van der Waals surface area contributed by atoms with Crippen molar-refractivity contribution in [2.75, 3.05) is 48.2 Å². The average molecular weight is 645 g/mol. The largest absolute Gasteiger partial charge is 0.389 e. The van der Waals surface area contributed by atoms with Gasteiger partial charge in [0.25, 0.3) is 0 Å². The van der Waals surface area contributed by atoms with Crippen molar-refractivity contribution in [2.24, 2.45) is 0 Å². The molecule has 6 aromatic rings. The standard InChI is InChI=1S/C37H40N8OS/c1-25-31(12-13-34-33(25)23-40-45(34)24-37(2,3)46)36-32-21-35(39-22-26(32)14-15-38-36)41-27-8-10-28(11-9-27)42-47-30-7-5-6-29(20-30)44-18-16-43(4)17-19-44/h5-15,20-23,42,46H,16-19,24H2,1-4H3,(H,39,41). The molecule has 0 radical (unpaired) electrons. The van der Waals surface area contributed by atoms with E-state index in [1.807, 2.05) is 29.3 Å². The minimum absolute atomic E-state index is 0.420. The number of nitrogens with zero attached hydrogens (tertiary/aromatic N) is 6. The van der Waals surface area contributed by atoms with E-state index in [0.717, 1.165) is 81.9 Å². The normalized spacial score (nSPS) is 14.2. The van der Waals surface area contributed by atoms with E-state index in [4.69, 9.17) is 9.97 Å². The Morgan fingerprint density at radius 1 is 0.872 bits per heavy atom. The van der Waals surface area contributed by atoms with Crippen LogP contribution in [-0.2, 0) is 6.54 Å². The van der Waals surface area contributed by atoms with Gasteiger partial charge in [0.2, 0.25) is 0 Å². The number of aryl methyl sites for hydroxylation is 1. The maximum absolute atomic E-state index is 10.3. The molecular formula is C37H40N8OS. The third-order valence-corrected chi connectivity index (χ3v) is 9.49. The third-order valence-electron chi connectivity index (χ3n) is 8.67. The fourth-order valence-corrected chi connectivity index (χ4v) is 6.78. The molecule has 7 rings (SSSR count). The van der Waals surface area contributed by atoms with E-state index >= 15 is 0 Å². The van der Waals surface area contributed by atoms with Crippen LogP contribution in [0.25, 0.3) is 32.9 Å². The van der Waals surface area contributed by atoms with Crippen LogP contribution in [0.15, 0.2) is 96.3 Å². The predicted octanol–water partition coefficient (Wildman–Crippen LogP) is 7.34. The first-order valence-electron chi connectivity index (χ1n) is 16.0. The highest BCUT2D eigenvalue weighted by Gasteiger charge is 2.19. The van der Waals surface area contributed by atoms with Crippen LogP contribution in [0.2, 0.25) is 0 Å². The summed E-state index contributed by atoms with van der Waals surface area (Å²) in [4.78, 5) is 15.5. The van der Waals surface area contributed by atoms with Crippen LogP contribution in [-0.4, -0.2) is 68.6 Å². The van der Waals surface area contributed by atoms with Gasteiger partial charge in [0.05, 0.1) is 29.6 Å². The Bertz CT molecular complexity index is 2030. The Hall–Kier alpha value is -4.64. The number of fused-ring (bicyclic) bond motifs is 2. The number of hydrogen-bond acceptors (Lipinski definition) is 9. The number of nitrogens with one attached hydrogen (secondary N) is 2.